The summed E-state index contributed by atoms with van der Waals surface area (Å²) < 4.78 is 3.69. The van der Waals surface area contributed by atoms with Crippen LogP contribution in [-0.4, -0.2) is 19.6 Å². The van der Waals surface area contributed by atoms with Crippen LogP contribution in [0.25, 0.3) is 0 Å². The lowest BCUT2D eigenvalue weighted by Gasteiger charge is -2.10. The highest BCUT2D eigenvalue weighted by atomic mass is 15.3. The molecule has 0 aromatic carbocycles. The van der Waals surface area contributed by atoms with Crippen molar-refractivity contribution in [3.8, 4) is 0 Å². The van der Waals surface area contributed by atoms with E-state index >= 15 is 0 Å². The van der Waals surface area contributed by atoms with Crippen molar-refractivity contribution in [3.63, 3.8) is 0 Å². The molecular formula is C12H19N5. The average Bonchev–Trinajstić information content (AvgIpc) is 2.70. The third-order valence-corrected chi connectivity index (χ3v) is 2.98. The molecule has 0 fully saturated rings. The molecular weight excluding hydrogens is 214 g/mol. The molecule has 0 saturated heterocycles. The van der Waals surface area contributed by atoms with Crippen molar-refractivity contribution >= 4 is 0 Å². The number of rotatable bonds is 3. The molecule has 5 heteroatoms. The summed E-state index contributed by atoms with van der Waals surface area (Å²) in [5.41, 5.74) is 10.5. The van der Waals surface area contributed by atoms with Crippen LogP contribution in [0.1, 0.15) is 28.7 Å². The Morgan fingerprint density at radius 3 is 2.47 bits per heavy atom. The Hall–Kier alpha value is -1.62. The highest BCUT2D eigenvalue weighted by Crippen LogP contribution is 2.18. The maximum atomic E-state index is 6.22. The van der Waals surface area contributed by atoms with Crippen LogP contribution in [-0.2, 0) is 20.5 Å². The van der Waals surface area contributed by atoms with Gasteiger partial charge in [0, 0.05) is 44.0 Å². The minimum absolute atomic E-state index is 0.0292. The lowest BCUT2D eigenvalue weighted by atomic mass is 10.0. The molecule has 0 aliphatic rings. The lowest BCUT2D eigenvalue weighted by molar-refractivity contribution is 0.637. The van der Waals surface area contributed by atoms with Crippen LogP contribution in [0.2, 0.25) is 0 Å². The lowest BCUT2D eigenvalue weighted by Crippen LogP contribution is -2.15. The van der Waals surface area contributed by atoms with E-state index in [4.69, 9.17) is 5.73 Å². The standard InChI is InChI=1S/C12H19N5/c1-8-5-10(17(4)14-8)6-12(13)11-7-16(3)15-9(11)2/h5,7,12H,6,13H2,1-4H3. The first-order chi connectivity index (χ1) is 7.97. The smallest absolute Gasteiger partial charge is 0.0641 e. The summed E-state index contributed by atoms with van der Waals surface area (Å²) in [6.45, 7) is 3.98. The summed E-state index contributed by atoms with van der Waals surface area (Å²) in [7, 11) is 3.86. The van der Waals surface area contributed by atoms with E-state index in [0.29, 0.717) is 0 Å². The number of hydrogen-bond acceptors (Lipinski definition) is 3. The van der Waals surface area contributed by atoms with Gasteiger partial charge in [-0.05, 0) is 19.9 Å². The number of aryl methyl sites for hydroxylation is 4. The fraction of sp³-hybridized carbons (Fsp3) is 0.500. The molecule has 1 atom stereocenters. The Morgan fingerprint density at radius 2 is 2.00 bits per heavy atom. The summed E-state index contributed by atoms with van der Waals surface area (Å²) in [4.78, 5) is 0. The van der Waals surface area contributed by atoms with Gasteiger partial charge in [0.15, 0.2) is 0 Å². The maximum Gasteiger partial charge on any atom is 0.0641 e. The summed E-state index contributed by atoms with van der Waals surface area (Å²) in [5.74, 6) is 0. The molecule has 2 aromatic heterocycles. The van der Waals surface area contributed by atoms with Gasteiger partial charge < -0.3 is 5.73 Å². The first-order valence-electron chi connectivity index (χ1n) is 5.72. The molecule has 0 amide bonds. The zero-order valence-corrected chi connectivity index (χ0v) is 10.8. The summed E-state index contributed by atoms with van der Waals surface area (Å²) in [6, 6.07) is 2.05. The highest BCUT2D eigenvalue weighted by Gasteiger charge is 2.14. The van der Waals surface area contributed by atoms with Gasteiger partial charge in [0.25, 0.3) is 0 Å². The molecule has 5 nitrogen and oxygen atoms in total. The third-order valence-electron chi connectivity index (χ3n) is 2.98. The maximum absolute atomic E-state index is 6.22. The average molecular weight is 233 g/mol. The Morgan fingerprint density at radius 1 is 1.29 bits per heavy atom. The normalized spacial score (nSPS) is 13.0. The predicted octanol–water partition coefficient (Wildman–Crippen LogP) is 1.01. The Bertz CT molecular complexity index is 523. The van der Waals surface area contributed by atoms with Crippen molar-refractivity contribution in [2.75, 3.05) is 0 Å². The minimum Gasteiger partial charge on any atom is -0.324 e. The molecule has 0 saturated carbocycles. The van der Waals surface area contributed by atoms with Crippen molar-refractivity contribution in [2.45, 2.75) is 26.3 Å². The van der Waals surface area contributed by atoms with Gasteiger partial charge in [-0.2, -0.15) is 10.2 Å². The van der Waals surface area contributed by atoms with Crippen LogP contribution in [0.15, 0.2) is 12.3 Å². The Labute approximate surface area is 101 Å². The second kappa shape index (κ2) is 4.33. The van der Waals surface area contributed by atoms with Crippen LogP contribution in [0, 0.1) is 13.8 Å². The van der Waals surface area contributed by atoms with Gasteiger partial charge in [0.05, 0.1) is 11.4 Å². The Kier molecular flexibility index (Phi) is 3.02. The van der Waals surface area contributed by atoms with Crippen LogP contribution in [0.3, 0.4) is 0 Å². The fourth-order valence-electron chi connectivity index (χ4n) is 2.17. The van der Waals surface area contributed by atoms with Crippen LogP contribution in [0.4, 0.5) is 0 Å². The number of nitrogens with zero attached hydrogens (tertiary/aromatic N) is 4. The van der Waals surface area contributed by atoms with E-state index in [1.165, 1.54) is 0 Å². The summed E-state index contributed by atoms with van der Waals surface area (Å²) >= 11 is 0. The molecule has 0 radical (unpaired) electrons. The van der Waals surface area contributed by atoms with Crippen molar-refractivity contribution < 1.29 is 0 Å². The molecule has 2 N–H and O–H groups in total. The van der Waals surface area contributed by atoms with E-state index in [-0.39, 0.29) is 6.04 Å². The van der Waals surface area contributed by atoms with Crippen LogP contribution < -0.4 is 5.73 Å². The summed E-state index contributed by atoms with van der Waals surface area (Å²) in [6.07, 6.45) is 2.77. The van der Waals surface area contributed by atoms with E-state index in [1.807, 2.05) is 38.8 Å². The third kappa shape index (κ3) is 2.39. The topological polar surface area (TPSA) is 61.7 Å². The van der Waals surface area contributed by atoms with Crippen molar-refractivity contribution in [1.82, 2.24) is 19.6 Å². The zero-order valence-electron chi connectivity index (χ0n) is 10.8. The van der Waals surface area contributed by atoms with Gasteiger partial charge in [-0.15, -0.1) is 0 Å². The van der Waals surface area contributed by atoms with Crippen molar-refractivity contribution in [1.29, 1.82) is 0 Å². The zero-order chi connectivity index (χ0) is 12.6. The van der Waals surface area contributed by atoms with Gasteiger partial charge >= 0.3 is 0 Å². The van der Waals surface area contributed by atoms with E-state index in [0.717, 1.165) is 29.1 Å². The van der Waals surface area contributed by atoms with Gasteiger partial charge in [-0.25, -0.2) is 0 Å². The molecule has 17 heavy (non-hydrogen) atoms. The largest absolute Gasteiger partial charge is 0.324 e. The molecule has 0 bridgehead atoms. The summed E-state index contributed by atoms with van der Waals surface area (Å²) in [5, 5.41) is 8.64. The first kappa shape index (κ1) is 11.9. The van der Waals surface area contributed by atoms with E-state index < -0.39 is 0 Å². The first-order valence-corrected chi connectivity index (χ1v) is 5.72. The monoisotopic (exact) mass is 233 g/mol. The minimum atomic E-state index is -0.0292. The SMILES string of the molecule is Cc1cc(CC(N)c2cn(C)nc2C)n(C)n1. The van der Waals surface area contributed by atoms with Crippen molar-refractivity contribution in [2.24, 2.45) is 19.8 Å². The molecule has 2 heterocycles. The highest BCUT2D eigenvalue weighted by molar-refractivity contribution is 5.22. The van der Waals surface area contributed by atoms with E-state index in [2.05, 4.69) is 16.3 Å². The van der Waals surface area contributed by atoms with Gasteiger partial charge in [-0.1, -0.05) is 0 Å². The van der Waals surface area contributed by atoms with Gasteiger partial charge in [0.2, 0.25) is 0 Å². The van der Waals surface area contributed by atoms with Crippen LogP contribution >= 0.6 is 0 Å². The molecule has 0 aliphatic carbocycles. The molecule has 2 aromatic rings. The molecule has 1 unspecified atom stereocenters. The van der Waals surface area contributed by atoms with E-state index in [9.17, 15) is 0 Å². The molecule has 0 spiro atoms. The quantitative estimate of drug-likeness (QED) is 0.860. The predicted molar refractivity (Wildman–Crippen MR) is 66.5 cm³/mol. The molecule has 2 rings (SSSR count). The molecule has 92 valence electrons. The molecule has 0 aliphatic heterocycles. The van der Waals surface area contributed by atoms with Crippen LogP contribution in [0.5, 0.6) is 0 Å². The fourth-order valence-corrected chi connectivity index (χ4v) is 2.17. The second-order valence-electron chi connectivity index (χ2n) is 4.55. The van der Waals surface area contributed by atoms with Gasteiger partial charge in [-0.3, -0.25) is 9.36 Å². The van der Waals surface area contributed by atoms with E-state index in [1.54, 1.807) is 4.68 Å². The number of nitrogens with two attached hydrogens (primary N) is 1. The number of hydrogen-bond donors (Lipinski definition) is 1. The second-order valence-corrected chi connectivity index (χ2v) is 4.55. The number of aromatic nitrogens is 4. The Balaban J connectivity index is 2.19. The van der Waals surface area contributed by atoms with Crippen molar-refractivity contribution in [3.05, 3.63) is 34.9 Å². The van der Waals surface area contributed by atoms with Gasteiger partial charge in [0.1, 0.15) is 0 Å².